The molecule has 0 radical (unpaired) electrons. The highest BCUT2D eigenvalue weighted by Crippen LogP contribution is 2.38. The van der Waals surface area contributed by atoms with Gasteiger partial charge in [0.25, 0.3) is 0 Å². The minimum atomic E-state index is -0.420. The maximum Gasteiger partial charge on any atom is 0.308 e. The second-order valence-electron chi connectivity index (χ2n) is 3.72. The lowest BCUT2D eigenvalue weighted by atomic mass is 10.0. The SMILES string of the molecule is CC(=O)Oc1c(Cl)cc(Cl)cc1-c1ccccc1. The molecule has 2 rings (SSSR count). The molecule has 0 amide bonds. The van der Waals surface area contributed by atoms with Gasteiger partial charge in [0.1, 0.15) is 0 Å². The Morgan fingerprint density at radius 3 is 2.39 bits per heavy atom. The van der Waals surface area contributed by atoms with Gasteiger partial charge in [0, 0.05) is 17.5 Å². The summed E-state index contributed by atoms with van der Waals surface area (Å²) in [6, 6.07) is 12.8. The quantitative estimate of drug-likeness (QED) is 0.594. The van der Waals surface area contributed by atoms with Crippen LogP contribution in [0.3, 0.4) is 0 Å². The van der Waals surface area contributed by atoms with Crippen molar-refractivity contribution in [2.24, 2.45) is 0 Å². The first kappa shape index (κ1) is 12.9. The summed E-state index contributed by atoms with van der Waals surface area (Å²) >= 11 is 12.1. The van der Waals surface area contributed by atoms with E-state index in [4.69, 9.17) is 27.9 Å². The lowest BCUT2D eigenvalue weighted by Gasteiger charge is -2.11. The largest absolute Gasteiger partial charge is 0.424 e. The summed E-state index contributed by atoms with van der Waals surface area (Å²) in [5.41, 5.74) is 1.58. The Balaban J connectivity index is 2.61. The first-order valence-electron chi connectivity index (χ1n) is 5.31. The standard InChI is InChI=1S/C14H10Cl2O2/c1-9(17)18-14-12(7-11(15)8-13(14)16)10-5-3-2-4-6-10/h2-8H,1H3. The molecule has 0 atom stereocenters. The van der Waals surface area contributed by atoms with Crippen LogP contribution in [0.5, 0.6) is 5.75 Å². The lowest BCUT2D eigenvalue weighted by molar-refractivity contribution is -0.131. The van der Waals surface area contributed by atoms with Crippen LogP contribution in [-0.2, 0) is 4.79 Å². The Morgan fingerprint density at radius 2 is 1.78 bits per heavy atom. The molecule has 0 bridgehead atoms. The number of esters is 1. The molecule has 0 saturated carbocycles. The molecule has 0 aliphatic rings. The molecular weight excluding hydrogens is 271 g/mol. The molecule has 18 heavy (non-hydrogen) atoms. The summed E-state index contributed by atoms with van der Waals surface area (Å²) in [6.45, 7) is 1.33. The van der Waals surface area contributed by atoms with Crippen molar-refractivity contribution < 1.29 is 9.53 Å². The van der Waals surface area contributed by atoms with Crippen molar-refractivity contribution in [2.45, 2.75) is 6.92 Å². The van der Waals surface area contributed by atoms with Crippen LogP contribution in [0.4, 0.5) is 0 Å². The van der Waals surface area contributed by atoms with E-state index < -0.39 is 5.97 Å². The van der Waals surface area contributed by atoms with Crippen molar-refractivity contribution in [3.63, 3.8) is 0 Å². The Bertz CT molecular complexity index is 580. The van der Waals surface area contributed by atoms with E-state index in [2.05, 4.69) is 0 Å². The van der Waals surface area contributed by atoms with Crippen molar-refractivity contribution in [1.82, 2.24) is 0 Å². The zero-order valence-electron chi connectivity index (χ0n) is 9.61. The summed E-state index contributed by atoms with van der Waals surface area (Å²) in [4.78, 5) is 11.1. The fourth-order valence-corrected chi connectivity index (χ4v) is 2.17. The average Bonchev–Trinajstić information content (AvgIpc) is 2.33. The summed E-state index contributed by atoms with van der Waals surface area (Å²) in [7, 11) is 0. The van der Waals surface area contributed by atoms with E-state index in [1.165, 1.54) is 6.92 Å². The van der Waals surface area contributed by atoms with E-state index in [0.29, 0.717) is 21.4 Å². The van der Waals surface area contributed by atoms with Crippen molar-refractivity contribution >= 4 is 29.2 Å². The molecule has 2 aromatic carbocycles. The second kappa shape index (κ2) is 5.42. The van der Waals surface area contributed by atoms with Crippen molar-refractivity contribution in [2.75, 3.05) is 0 Å². The third-order valence-electron chi connectivity index (χ3n) is 2.34. The smallest absolute Gasteiger partial charge is 0.308 e. The van der Waals surface area contributed by atoms with Crippen LogP contribution >= 0.6 is 23.2 Å². The number of hydrogen-bond acceptors (Lipinski definition) is 2. The lowest BCUT2D eigenvalue weighted by Crippen LogP contribution is -2.03. The van der Waals surface area contributed by atoms with Gasteiger partial charge in [-0.25, -0.2) is 0 Å². The molecule has 2 nitrogen and oxygen atoms in total. The second-order valence-corrected chi connectivity index (χ2v) is 4.57. The van der Waals surface area contributed by atoms with Gasteiger partial charge in [-0.2, -0.15) is 0 Å². The van der Waals surface area contributed by atoms with Crippen LogP contribution in [0.1, 0.15) is 6.92 Å². The average molecular weight is 281 g/mol. The summed E-state index contributed by atoms with van der Waals surface area (Å²) < 4.78 is 5.16. The number of halogens is 2. The highest BCUT2D eigenvalue weighted by Gasteiger charge is 2.14. The molecule has 0 aromatic heterocycles. The number of hydrogen-bond donors (Lipinski definition) is 0. The third-order valence-corrected chi connectivity index (χ3v) is 2.84. The maximum absolute atomic E-state index is 11.1. The van der Waals surface area contributed by atoms with Crippen molar-refractivity contribution in [3.05, 3.63) is 52.5 Å². The highest BCUT2D eigenvalue weighted by atomic mass is 35.5. The molecule has 4 heteroatoms. The van der Waals surface area contributed by atoms with Crippen LogP contribution in [0.25, 0.3) is 11.1 Å². The predicted octanol–water partition coefficient (Wildman–Crippen LogP) is 4.59. The van der Waals surface area contributed by atoms with E-state index in [-0.39, 0.29) is 0 Å². The fraction of sp³-hybridized carbons (Fsp3) is 0.0714. The normalized spacial score (nSPS) is 10.2. The van der Waals surface area contributed by atoms with Crippen LogP contribution in [0.15, 0.2) is 42.5 Å². The molecule has 0 aliphatic carbocycles. The number of carbonyl (C=O) groups is 1. The Hall–Kier alpha value is -1.51. The van der Waals surface area contributed by atoms with Gasteiger partial charge in [-0.15, -0.1) is 0 Å². The van der Waals surface area contributed by atoms with E-state index >= 15 is 0 Å². The summed E-state index contributed by atoms with van der Waals surface area (Å²) in [5, 5.41) is 0.811. The number of ether oxygens (including phenoxy) is 1. The minimum Gasteiger partial charge on any atom is -0.424 e. The topological polar surface area (TPSA) is 26.3 Å². The molecular formula is C14H10Cl2O2. The van der Waals surface area contributed by atoms with Gasteiger partial charge in [-0.3, -0.25) is 4.79 Å². The molecule has 0 heterocycles. The van der Waals surface area contributed by atoms with Gasteiger partial charge in [0.2, 0.25) is 0 Å². The van der Waals surface area contributed by atoms with Crippen molar-refractivity contribution in [3.8, 4) is 16.9 Å². The first-order chi connectivity index (χ1) is 8.58. The van der Waals surface area contributed by atoms with E-state index in [1.807, 2.05) is 30.3 Å². The number of rotatable bonds is 2. The monoisotopic (exact) mass is 280 g/mol. The van der Waals surface area contributed by atoms with E-state index in [0.717, 1.165) is 5.56 Å². The van der Waals surface area contributed by atoms with Crippen LogP contribution in [0, 0.1) is 0 Å². The van der Waals surface area contributed by atoms with Crippen LogP contribution in [-0.4, -0.2) is 5.97 Å². The van der Waals surface area contributed by atoms with Crippen molar-refractivity contribution in [1.29, 1.82) is 0 Å². The molecule has 2 aromatic rings. The van der Waals surface area contributed by atoms with E-state index in [1.54, 1.807) is 12.1 Å². The Morgan fingerprint density at radius 1 is 1.11 bits per heavy atom. The molecule has 0 fully saturated rings. The molecule has 0 unspecified atom stereocenters. The van der Waals surface area contributed by atoms with Gasteiger partial charge in [0.05, 0.1) is 5.02 Å². The van der Waals surface area contributed by atoms with Gasteiger partial charge in [-0.1, -0.05) is 53.5 Å². The predicted molar refractivity (Wildman–Crippen MR) is 73.2 cm³/mol. The fourth-order valence-electron chi connectivity index (χ4n) is 1.64. The van der Waals surface area contributed by atoms with E-state index in [9.17, 15) is 4.79 Å². The van der Waals surface area contributed by atoms with Crippen LogP contribution < -0.4 is 4.74 Å². The third kappa shape index (κ3) is 2.84. The molecule has 0 aliphatic heterocycles. The summed E-state index contributed by atoms with van der Waals surface area (Å²) in [6.07, 6.45) is 0. The van der Waals surface area contributed by atoms with Gasteiger partial charge >= 0.3 is 5.97 Å². The van der Waals surface area contributed by atoms with Gasteiger partial charge in [0.15, 0.2) is 5.75 Å². The Labute approximate surface area is 115 Å². The maximum atomic E-state index is 11.1. The molecule has 92 valence electrons. The van der Waals surface area contributed by atoms with Gasteiger partial charge < -0.3 is 4.74 Å². The molecule has 0 N–H and O–H groups in total. The molecule has 0 saturated heterocycles. The summed E-state index contributed by atoms with van der Waals surface area (Å²) in [5.74, 6) is -0.0869. The minimum absolute atomic E-state index is 0.316. The Kier molecular flexibility index (Phi) is 3.90. The van der Waals surface area contributed by atoms with Crippen LogP contribution in [0.2, 0.25) is 10.0 Å². The zero-order chi connectivity index (χ0) is 13.1. The number of benzene rings is 2. The van der Waals surface area contributed by atoms with Gasteiger partial charge in [-0.05, 0) is 17.7 Å². The first-order valence-corrected chi connectivity index (χ1v) is 6.06. The molecule has 0 spiro atoms. The zero-order valence-corrected chi connectivity index (χ0v) is 11.1. The highest BCUT2D eigenvalue weighted by molar-refractivity contribution is 6.36. The number of carbonyl (C=O) groups excluding carboxylic acids is 1.